The first-order valence-electron chi connectivity index (χ1n) is 6.99. The number of sulfonamides is 1. The zero-order chi connectivity index (χ0) is 14.8. The average molecular weight is 297 g/mol. The molecule has 0 atom stereocenters. The van der Waals surface area contributed by atoms with Crippen LogP contribution in [-0.4, -0.2) is 22.0 Å². The summed E-state index contributed by atoms with van der Waals surface area (Å²) in [6.07, 6.45) is 4.96. The Balaban J connectivity index is 2.10. The van der Waals surface area contributed by atoms with Gasteiger partial charge in [0, 0.05) is 6.54 Å². The standard InChI is InChI=1S/C14H23N3O2S/c1-3-14(7-4-8-14)10-17-13-6-5-11(9-12(13)15)20(18,19)16-2/h5-6,9,16-17H,3-4,7-8,10,15H2,1-2H3. The first-order chi connectivity index (χ1) is 9.42. The fourth-order valence-corrected chi connectivity index (χ4v) is 3.37. The molecule has 1 aromatic carbocycles. The van der Waals surface area contributed by atoms with Crippen LogP contribution in [0.4, 0.5) is 11.4 Å². The third kappa shape index (κ3) is 2.91. The molecule has 0 bridgehead atoms. The molecular formula is C14H23N3O2S. The molecule has 0 heterocycles. The summed E-state index contributed by atoms with van der Waals surface area (Å²) < 4.78 is 25.7. The van der Waals surface area contributed by atoms with Gasteiger partial charge in [-0.3, -0.25) is 0 Å². The van der Waals surface area contributed by atoms with E-state index in [0.717, 1.165) is 18.7 Å². The van der Waals surface area contributed by atoms with E-state index in [1.54, 1.807) is 12.1 Å². The molecule has 0 amide bonds. The zero-order valence-electron chi connectivity index (χ0n) is 12.1. The average Bonchev–Trinajstić information content (AvgIpc) is 2.39. The predicted molar refractivity (Wildman–Crippen MR) is 82.2 cm³/mol. The molecule has 20 heavy (non-hydrogen) atoms. The van der Waals surface area contributed by atoms with E-state index in [-0.39, 0.29) is 4.90 Å². The molecule has 1 saturated carbocycles. The van der Waals surface area contributed by atoms with Crippen LogP contribution in [0.3, 0.4) is 0 Å². The maximum atomic E-state index is 11.7. The minimum absolute atomic E-state index is 0.192. The summed E-state index contributed by atoms with van der Waals surface area (Å²) in [6, 6.07) is 4.80. The third-order valence-corrected chi connectivity index (χ3v) is 5.83. The Morgan fingerprint density at radius 3 is 2.50 bits per heavy atom. The van der Waals surface area contributed by atoms with E-state index in [1.165, 1.54) is 32.4 Å². The molecule has 1 aliphatic rings. The Kier molecular flexibility index (Phi) is 4.25. The third-order valence-electron chi connectivity index (χ3n) is 4.42. The van der Waals surface area contributed by atoms with Crippen LogP contribution in [-0.2, 0) is 10.0 Å². The maximum absolute atomic E-state index is 11.7. The van der Waals surface area contributed by atoms with Gasteiger partial charge in [0.25, 0.3) is 0 Å². The Labute approximate surface area is 121 Å². The number of nitrogens with two attached hydrogens (primary N) is 1. The van der Waals surface area contributed by atoms with Gasteiger partial charge in [0.15, 0.2) is 0 Å². The van der Waals surface area contributed by atoms with Crippen molar-refractivity contribution < 1.29 is 8.42 Å². The topological polar surface area (TPSA) is 84.2 Å². The molecular weight excluding hydrogens is 274 g/mol. The molecule has 5 nitrogen and oxygen atoms in total. The minimum Gasteiger partial charge on any atom is -0.397 e. The van der Waals surface area contributed by atoms with Crippen LogP contribution in [0.2, 0.25) is 0 Å². The van der Waals surface area contributed by atoms with Gasteiger partial charge < -0.3 is 11.1 Å². The van der Waals surface area contributed by atoms with Crippen molar-refractivity contribution in [3.8, 4) is 0 Å². The van der Waals surface area contributed by atoms with Crippen LogP contribution in [0, 0.1) is 5.41 Å². The summed E-state index contributed by atoms with van der Waals surface area (Å²) in [5, 5.41) is 3.36. The fourth-order valence-electron chi connectivity index (χ4n) is 2.60. The van der Waals surface area contributed by atoms with Crippen molar-refractivity contribution in [3.05, 3.63) is 18.2 Å². The number of anilines is 2. The van der Waals surface area contributed by atoms with Crippen LogP contribution in [0.25, 0.3) is 0 Å². The highest BCUT2D eigenvalue weighted by atomic mass is 32.2. The molecule has 112 valence electrons. The van der Waals surface area contributed by atoms with Crippen molar-refractivity contribution in [3.63, 3.8) is 0 Å². The normalized spacial score (nSPS) is 17.5. The van der Waals surface area contributed by atoms with Gasteiger partial charge in [-0.05, 0) is 49.9 Å². The van der Waals surface area contributed by atoms with Gasteiger partial charge >= 0.3 is 0 Å². The van der Waals surface area contributed by atoms with E-state index in [2.05, 4.69) is 17.0 Å². The SMILES string of the molecule is CCC1(CNc2ccc(S(=O)(=O)NC)cc2N)CCC1. The second kappa shape index (κ2) is 5.61. The number of rotatable bonds is 6. The molecule has 0 aliphatic heterocycles. The Bertz CT molecular complexity index is 575. The second-order valence-electron chi connectivity index (χ2n) is 5.52. The molecule has 2 rings (SSSR count). The summed E-state index contributed by atoms with van der Waals surface area (Å²) in [7, 11) is -2.05. The second-order valence-corrected chi connectivity index (χ2v) is 7.40. The highest BCUT2D eigenvalue weighted by Crippen LogP contribution is 2.43. The van der Waals surface area contributed by atoms with Crippen LogP contribution in [0.5, 0.6) is 0 Å². The summed E-state index contributed by atoms with van der Waals surface area (Å²) >= 11 is 0. The number of benzene rings is 1. The van der Waals surface area contributed by atoms with E-state index in [0.29, 0.717) is 11.1 Å². The van der Waals surface area contributed by atoms with Crippen LogP contribution in [0.15, 0.2) is 23.1 Å². The molecule has 4 N–H and O–H groups in total. The van der Waals surface area contributed by atoms with E-state index in [1.807, 2.05) is 0 Å². The van der Waals surface area contributed by atoms with Gasteiger partial charge in [-0.1, -0.05) is 13.3 Å². The molecule has 0 saturated heterocycles. The fraction of sp³-hybridized carbons (Fsp3) is 0.571. The summed E-state index contributed by atoms with van der Waals surface area (Å²) in [6.45, 7) is 3.11. The lowest BCUT2D eigenvalue weighted by atomic mass is 9.67. The first-order valence-corrected chi connectivity index (χ1v) is 8.48. The Morgan fingerprint density at radius 1 is 1.35 bits per heavy atom. The zero-order valence-corrected chi connectivity index (χ0v) is 12.9. The van der Waals surface area contributed by atoms with Crippen LogP contribution in [0.1, 0.15) is 32.6 Å². The number of hydrogen-bond donors (Lipinski definition) is 3. The largest absolute Gasteiger partial charge is 0.397 e. The molecule has 0 radical (unpaired) electrons. The van der Waals surface area contributed by atoms with Crippen molar-refractivity contribution in [2.24, 2.45) is 5.41 Å². The van der Waals surface area contributed by atoms with Gasteiger partial charge in [0.2, 0.25) is 10.0 Å². The Morgan fingerprint density at radius 2 is 2.05 bits per heavy atom. The molecule has 0 spiro atoms. The number of nitrogen functional groups attached to an aromatic ring is 1. The summed E-state index contributed by atoms with van der Waals surface area (Å²) in [5.41, 5.74) is 7.61. The smallest absolute Gasteiger partial charge is 0.240 e. The predicted octanol–water partition coefficient (Wildman–Crippen LogP) is 2.17. The van der Waals surface area contributed by atoms with Crippen LogP contribution >= 0.6 is 0 Å². The van der Waals surface area contributed by atoms with Gasteiger partial charge in [-0.25, -0.2) is 13.1 Å². The van der Waals surface area contributed by atoms with Crippen LogP contribution < -0.4 is 15.8 Å². The van der Waals surface area contributed by atoms with Crippen molar-refractivity contribution in [1.29, 1.82) is 0 Å². The monoisotopic (exact) mass is 297 g/mol. The Hall–Kier alpha value is -1.27. The van der Waals surface area contributed by atoms with Gasteiger partial charge in [0.1, 0.15) is 0 Å². The van der Waals surface area contributed by atoms with E-state index >= 15 is 0 Å². The summed E-state index contributed by atoms with van der Waals surface area (Å²) in [4.78, 5) is 0.192. The minimum atomic E-state index is -3.44. The lowest BCUT2D eigenvalue weighted by Crippen LogP contribution is -2.36. The lowest BCUT2D eigenvalue weighted by Gasteiger charge is -2.41. The number of nitrogens with one attached hydrogen (secondary N) is 2. The van der Waals surface area contributed by atoms with E-state index in [9.17, 15) is 8.42 Å². The molecule has 6 heteroatoms. The highest BCUT2D eigenvalue weighted by Gasteiger charge is 2.34. The molecule has 1 aromatic rings. The van der Waals surface area contributed by atoms with Gasteiger partial charge in [-0.15, -0.1) is 0 Å². The molecule has 1 aliphatic carbocycles. The van der Waals surface area contributed by atoms with Gasteiger partial charge in [0.05, 0.1) is 16.3 Å². The van der Waals surface area contributed by atoms with E-state index in [4.69, 9.17) is 5.73 Å². The molecule has 1 fully saturated rings. The van der Waals surface area contributed by atoms with Crippen molar-refractivity contribution in [2.45, 2.75) is 37.5 Å². The quantitative estimate of drug-likeness (QED) is 0.703. The highest BCUT2D eigenvalue weighted by molar-refractivity contribution is 7.89. The maximum Gasteiger partial charge on any atom is 0.240 e. The first kappa shape index (κ1) is 15.1. The molecule has 0 aromatic heterocycles. The van der Waals surface area contributed by atoms with Gasteiger partial charge in [-0.2, -0.15) is 0 Å². The summed E-state index contributed by atoms with van der Waals surface area (Å²) in [5.74, 6) is 0. The molecule has 0 unspecified atom stereocenters. The van der Waals surface area contributed by atoms with Crippen molar-refractivity contribution >= 4 is 21.4 Å². The number of hydrogen-bond acceptors (Lipinski definition) is 4. The van der Waals surface area contributed by atoms with E-state index < -0.39 is 10.0 Å². The van der Waals surface area contributed by atoms with Crippen molar-refractivity contribution in [1.82, 2.24) is 4.72 Å². The van der Waals surface area contributed by atoms with Crippen molar-refractivity contribution in [2.75, 3.05) is 24.6 Å². The lowest BCUT2D eigenvalue weighted by molar-refractivity contribution is 0.145.